The minimum atomic E-state index is -3.37. The van der Waals surface area contributed by atoms with Crippen molar-refractivity contribution < 1.29 is 13.2 Å². The topological polar surface area (TPSA) is 83.0 Å². The molecule has 0 aliphatic carbocycles. The molecule has 0 unspecified atom stereocenters. The van der Waals surface area contributed by atoms with Gasteiger partial charge >= 0.3 is 0 Å². The van der Waals surface area contributed by atoms with Crippen LogP contribution in [0.5, 0.6) is 0 Å². The van der Waals surface area contributed by atoms with Gasteiger partial charge in [-0.1, -0.05) is 6.42 Å². The van der Waals surface area contributed by atoms with Crippen LogP contribution in [0.3, 0.4) is 0 Å². The molecule has 10 heteroatoms. The van der Waals surface area contributed by atoms with Gasteiger partial charge in [0.1, 0.15) is 4.21 Å². The van der Waals surface area contributed by atoms with Gasteiger partial charge in [0.05, 0.1) is 12.1 Å². The minimum Gasteiger partial charge on any atom is -0.377 e. The Labute approximate surface area is 190 Å². The number of guanidine groups is 1. The summed E-state index contributed by atoms with van der Waals surface area (Å²) in [5, 5.41) is 6.46. The monoisotopic (exact) mass is 544 g/mol. The largest absolute Gasteiger partial charge is 0.377 e. The van der Waals surface area contributed by atoms with E-state index in [4.69, 9.17) is 4.74 Å². The van der Waals surface area contributed by atoms with Crippen molar-refractivity contribution >= 4 is 51.3 Å². The number of aliphatic imine (C=N–C) groups is 1. The predicted molar refractivity (Wildman–Crippen MR) is 126 cm³/mol. The summed E-state index contributed by atoms with van der Waals surface area (Å²) in [6.45, 7) is 9.05. The van der Waals surface area contributed by atoms with Crippen molar-refractivity contribution in [2.45, 2.75) is 56.4 Å². The van der Waals surface area contributed by atoms with Crippen LogP contribution in [0.1, 0.15) is 44.9 Å². The van der Waals surface area contributed by atoms with Crippen LogP contribution in [0, 0.1) is 0 Å². The lowest BCUT2D eigenvalue weighted by Crippen LogP contribution is -2.45. The van der Waals surface area contributed by atoms with E-state index in [9.17, 15) is 8.42 Å². The lowest BCUT2D eigenvalue weighted by molar-refractivity contribution is 0.0268. The minimum absolute atomic E-state index is 0. The van der Waals surface area contributed by atoms with Crippen LogP contribution in [0.4, 0.5) is 0 Å². The normalized spacial score (nSPS) is 16.5. The van der Waals surface area contributed by atoms with Crippen molar-refractivity contribution in [1.29, 1.82) is 0 Å². The smallest absolute Gasteiger partial charge is 0.252 e. The zero-order valence-electron chi connectivity index (χ0n) is 17.2. The van der Waals surface area contributed by atoms with Crippen LogP contribution in [-0.4, -0.2) is 57.6 Å². The third kappa shape index (κ3) is 7.43. The molecule has 1 aliphatic heterocycles. The Balaban J connectivity index is 0.00000392. The molecule has 0 amide bonds. The zero-order valence-corrected chi connectivity index (χ0v) is 21.1. The summed E-state index contributed by atoms with van der Waals surface area (Å²) in [6, 6.07) is 3.56. The van der Waals surface area contributed by atoms with E-state index >= 15 is 0 Å². The van der Waals surface area contributed by atoms with E-state index in [0.29, 0.717) is 36.3 Å². The summed E-state index contributed by atoms with van der Waals surface area (Å²) in [5.74, 6) is 0.691. The van der Waals surface area contributed by atoms with Crippen LogP contribution >= 0.6 is 35.3 Å². The Kier molecular flexibility index (Phi) is 10.7. The van der Waals surface area contributed by atoms with E-state index in [0.717, 1.165) is 30.7 Å². The maximum Gasteiger partial charge on any atom is 0.252 e. The molecular weight excluding hydrogens is 511 g/mol. The molecule has 1 fully saturated rings. The van der Waals surface area contributed by atoms with Crippen molar-refractivity contribution in [1.82, 2.24) is 14.9 Å². The second-order valence-electron chi connectivity index (χ2n) is 7.20. The Hall–Kier alpha value is -0.430. The molecule has 2 rings (SSSR count). The average molecular weight is 545 g/mol. The SMILES string of the molecule is CCNC(=NCc1ccc(S(=O)(=O)N2CCCCC2)s1)NCC(C)(C)OC.I. The fourth-order valence-corrected chi connectivity index (χ4v) is 5.63. The molecule has 162 valence electrons. The number of halogens is 1. The number of ether oxygens (including phenoxy) is 1. The first-order chi connectivity index (χ1) is 12.8. The summed E-state index contributed by atoms with van der Waals surface area (Å²) in [5.41, 5.74) is -0.297. The number of methoxy groups -OCH3 is 1. The molecule has 2 N–H and O–H groups in total. The molecule has 0 spiro atoms. The summed E-state index contributed by atoms with van der Waals surface area (Å²) in [6.07, 6.45) is 2.99. The van der Waals surface area contributed by atoms with Crippen molar-refractivity contribution in [3.8, 4) is 0 Å². The van der Waals surface area contributed by atoms with Gasteiger partial charge in [-0.05, 0) is 45.7 Å². The van der Waals surface area contributed by atoms with E-state index in [1.165, 1.54) is 11.3 Å². The average Bonchev–Trinajstić information content (AvgIpc) is 3.14. The lowest BCUT2D eigenvalue weighted by Gasteiger charge is -2.25. The Bertz CT molecular complexity index is 729. The first-order valence-electron chi connectivity index (χ1n) is 9.44. The van der Waals surface area contributed by atoms with Gasteiger partial charge in [0.2, 0.25) is 0 Å². The molecule has 2 heterocycles. The zero-order chi connectivity index (χ0) is 19.9. The summed E-state index contributed by atoms with van der Waals surface area (Å²) < 4.78 is 32.9. The van der Waals surface area contributed by atoms with Crippen molar-refractivity contribution in [2.75, 3.05) is 33.3 Å². The number of piperidine rings is 1. The van der Waals surface area contributed by atoms with Crippen molar-refractivity contribution in [2.24, 2.45) is 4.99 Å². The van der Waals surface area contributed by atoms with Gasteiger partial charge in [0.25, 0.3) is 10.0 Å². The Morgan fingerprint density at radius 2 is 1.93 bits per heavy atom. The van der Waals surface area contributed by atoms with Gasteiger partial charge < -0.3 is 15.4 Å². The highest BCUT2D eigenvalue weighted by atomic mass is 127. The molecule has 0 bridgehead atoms. The number of sulfonamides is 1. The molecule has 0 aromatic carbocycles. The molecule has 0 radical (unpaired) electrons. The molecular formula is C18H33IN4O3S2. The van der Waals surface area contributed by atoms with E-state index in [2.05, 4.69) is 15.6 Å². The van der Waals surface area contributed by atoms with Crippen LogP contribution < -0.4 is 10.6 Å². The Morgan fingerprint density at radius 1 is 1.25 bits per heavy atom. The van der Waals surface area contributed by atoms with Crippen LogP contribution in [0.15, 0.2) is 21.3 Å². The molecule has 28 heavy (non-hydrogen) atoms. The van der Waals surface area contributed by atoms with E-state index in [1.807, 2.05) is 26.8 Å². The lowest BCUT2D eigenvalue weighted by atomic mass is 10.1. The summed E-state index contributed by atoms with van der Waals surface area (Å²) in [4.78, 5) is 5.49. The number of nitrogens with zero attached hydrogens (tertiary/aromatic N) is 2. The highest BCUT2D eigenvalue weighted by Gasteiger charge is 2.27. The first-order valence-corrected chi connectivity index (χ1v) is 11.7. The van der Waals surface area contributed by atoms with Gasteiger partial charge in [-0.3, -0.25) is 0 Å². The second-order valence-corrected chi connectivity index (χ2v) is 10.5. The fraction of sp³-hybridized carbons (Fsp3) is 0.722. The highest BCUT2D eigenvalue weighted by Crippen LogP contribution is 2.27. The maximum absolute atomic E-state index is 12.7. The summed E-state index contributed by atoms with van der Waals surface area (Å²) in [7, 11) is -1.69. The predicted octanol–water partition coefficient (Wildman–Crippen LogP) is 3.02. The maximum atomic E-state index is 12.7. The van der Waals surface area contributed by atoms with Crippen molar-refractivity contribution in [3.05, 3.63) is 17.0 Å². The molecule has 0 atom stereocenters. The first kappa shape index (κ1) is 25.6. The van der Waals surface area contributed by atoms with Gasteiger partial charge in [0, 0.05) is 38.2 Å². The number of nitrogens with one attached hydrogen (secondary N) is 2. The third-order valence-electron chi connectivity index (χ3n) is 4.52. The van der Waals surface area contributed by atoms with Gasteiger partial charge in [-0.25, -0.2) is 13.4 Å². The number of rotatable bonds is 8. The van der Waals surface area contributed by atoms with Gasteiger partial charge in [-0.15, -0.1) is 35.3 Å². The van der Waals surface area contributed by atoms with Crippen LogP contribution in [0.2, 0.25) is 0 Å². The molecule has 7 nitrogen and oxygen atoms in total. The van der Waals surface area contributed by atoms with Crippen molar-refractivity contribution in [3.63, 3.8) is 0 Å². The molecule has 1 aliphatic rings. The molecule has 0 saturated carbocycles. The van der Waals surface area contributed by atoms with Gasteiger partial charge in [0.15, 0.2) is 5.96 Å². The van der Waals surface area contributed by atoms with Crippen LogP contribution in [0.25, 0.3) is 0 Å². The number of hydrogen-bond acceptors (Lipinski definition) is 5. The second kappa shape index (κ2) is 11.7. The van der Waals surface area contributed by atoms with Crippen LogP contribution in [-0.2, 0) is 21.3 Å². The number of hydrogen-bond donors (Lipinski definition) is 2. The molecule has 1 aromatic heterocycles. The summed E-state index contributed by atoms with van der Waals surface area (Å²) >= 11 is 1.30. The van der Waals surface area contributed by atoms with E-state index in [-0.39, 0.29) is 29.6 Å². The molecule has 1 aromatic rings. The third-order valence-corrected chi connectivity index (χ3v) is 7.95. The van der Waals surface area contributed by atoms with E-state index in [1.54, 1.807) is 17.5 Å². The number of thiophene rings is 1. The standard InChI is InChI=1S/C18H32N4O3S2.HI/c1-5-19-17(21-14-18(2,3)25-4)20-13-15-9-10-16(26-15)27(23,24)22-11-7-6-8-12-22;/h9-10H,5-8,11-14H2,1-4H3,(H2,19,20,21);1H. The fourth-order valence-electron chi connectivity index (χ4n) is 2.68. The Morgan fingerprint density at radius 3 is 2.54 bits per heavy atom. The highest BCUT2D eigenvalue weighted by molar-refractivity contribution is 14.0. The van der Waals surface area contributed by atoms with E-state index < -0.39 is 10.0 Å². The molecule has 1 saturated heterocycles. The van der Waals surface area contributed by atoms with Gasteiger partial charge in [-0.2, -0.15) is 4.31 Å². The quantitative estimate of drug-likeness (QED) is 0.299.